The van der Waals surface area contributed by atoms with Gasteiger partial charge in [0.1, 0.15) is 0 Å². The van der Waals surface area contributed by atoms with E-state index in [1.54, 1.807) is 36.4 Å². The Morgan fingerprint density at radius 1 is 0.895 bits per heavy atom. The summed E-state index contributed by atoms with van der Waals surface area (Å²) >= 11 is 1.81. The summed E-state index contributed by atoms with van der Waals surface area (Å²) in [6, 6.07) is 19.4. The molecule has 0 fully saturated rings. The van der Waals surface area contributed by atoms with Gasteiger partial charge in [0, 0.05) is 36.0 Å². The normalized spacial score (nSPS) is 15.7. The Hall–Kier alpha value is -3.31. The van der Waals surface area contributed by atoms with Crippen molar-refractivity contribution < 1.29 is 14.7 Å². The van der Waals surface area contributed by atoms with Gasteiger partial charge in [0.05, 0.1) is 5.56 Å². The lowest BCUT2D eigenvalue weighted by atomic mass is 9.63. The van der Waals surface area contributed by atoms with E-state index in [4.69, 9.17) is 5.11 Å². The highest BCUT2D eigenvalue weighted by Crippen LogP contribution is 2.50. The molecule has 0 heterocycles. The maximum atomic E-state index is 13.4. The van der Waals surface area contributed by atoms with E-state index in [1.165, 1.54) is 27.3 Å². The minimum Gasteiger partial charge on any atom is -0.478 e. The molecule has 38 heavy (non-hydrogen) atoms. The summed E-state index contributed by atoms with van der Waals surface area (Å²) in [7, 11) is 4.09. The fraction of sp³-hybridized carbons (Fsp3) is 0.333. The van der Waals surface area contributed by atoms with Crippen molar-refractivity contribution >= 4 is 35.3 Å². The first-order valence-electron chi connectivity index (χ1n) is 13.0. The van der Waals surface area contributed by atoms with E-state index in [0.717, 1.165) is 24.2 Å². The highest BCUT2D eigenvalue weighted by atomic mass is 32.2. The minimum atomic E-state index is -0.963. The number of anilines is 1. The molecule has 0 unspecified atom stereocenters. The Balaban J connectivity index is 1.67. The summed E-state index contributed by atoms with van der Waals surface area (Å²) in [6.07, 6.45) is 5.53. The molecular weight excluding hydrogens is 490 g/mol. The Labute approximate surface area is 230 Å². The molecular formula is C33H37NO3S. The van der Waals surface area contributed by atoms with E-state index < -0.39 is 5.97 Å². The Kier molecular flexibility index (Phi) is 7.89. The number of carboxylic acid groups (broad SMARTS) is 1. The smallest absolute Gasteiger partial charge is 0.335 e. The van der Waals surface area contributed by atoms with Crippen LogP contribution in [-0.2, 0) is 16.6 Å². The fourth-order valence-corrected chi connectivity index (χ4v) is 6.30. The molecule has 0 aromatic heterocycles. The minimum absolute atomic E-state index is 0.0137. The quantitative estimate of drug-likeness (QED) is 0.183. The number of hydrogen-bond donors (Lipinski definition) is 1. The maximum absolute atomic E-state index is 13.4. The number of ketones is 1. The summed E-state index contributed by atoms with van der Waals surface area (Å²) in [5.41, 5.74) is 6.80. The van der Waals surface area contributed by atoms with Crippen LogP contribution in [-0.4, -0.2) is 31.0 Å². The topological polar surface area (TPSA) is 57.6 Å². The van der Waals surface area contributed by atoms with E-state index in [1.807, 2.05) is 25.9 Å². The van der Waals surface area contributed by atoms with Crippen molar-refractivity contribution in [3.05, 3.63) is 100 Å². The van der Waals surface area contributed by atoms with Crippen LogP contribution in [0.1, 0.15) is 83.5 Å². The van der Waals surface area contributed by atoms with Crippen molar-refractivity contribution in [2.45, 2.75) is 62.0 Å². The standard InChI is InChI=1S/C33H37NO3S/c1-32(2)17-18-33(3,4)30-27(32)19-25(28(35)16-11-22-7-12-24(13-8-22)31(36)37)20-29(30)38-21-23-9-14-26(15-10-23)34(5)6/h7-16,19-20H,17-18,21H2,1-6H3,(H,36,37)/b16-11+. The molecule has 0 atom stereocenters. The van der Waals surface area contributed by atoms with Crippen molar-refractivity contribution in [3.63, 3.8) is 0 Å². The van der Waals surface area contributed by atoms with Crippen molar-refractivity contribution in [2.75, 3.05) is 19.0 Å². The van der Waals surface area contributed by atoms with Gasteiger partial charge in [0.2, 0.25) is 0 Å². The van der Waals surface area contributed by atoms with Crippen LogP contribution in [0.5, 0.6) is 0 Å². The van der Waals surface area contributed by atoms with Gasteiger partial charge in [-0.1, -0.05) is 58.0 Å². The number of carbonyl (C=O) groups is 2. The average molecular weight is 528 g/mol. The molecule has 0 saturated carbocycles. The number of carboxylic acids is 1. The molecule has 0 spiro atoms. The molecule has 3 aromatic rings. The predicted octanol–water partition coefficient (Wildman–Crippen LogP) is 7.99. The highest BCUT2D eigenvalue weighted by Gasteiger charge is 2.39. The molecule has 4 rings (SSSR count). The van der Waals surface area contributed by atoms with Crippen LogP contribution in [0.3, 0.4) is 0 Å². The number of carbonyl (C=O) groups excluding carboxylic acids is 1. The van der Waals surface area contributed by atoms with Crippen LogP contribution in [0.2, 0.25) is 0 Å². The molecule has 0 bridgehead atoms. The number of allylic oxidation sites excluding steroid dienone is 1. The Morgan fingerprint density at radius 3 is 2.13 bits per heavy atom. The number of hydrogen-bond acceptors (Lipinski definition) is 4. The van der Waals surface area contributed by atoms with Gasteiger partial charge in [-0.25, -0.2) is 4.79 Å². The monoisotopic (exact) mass is 527 g/mol. The highest BCUT2D eigenvalue weighted by molar-refractivity contribution is 7.98. The molecule has 0 radical (unpaired) electrons. The molecule has 198 valence electrons. The fourth-order valence-electron chi connectivity index (χ4n) is 5.04. The lowest BCUT2D eigenvalue weighted by Crippen LogP contribution is -2.34. The first-order valence-corrected chi connectivity index (χ1v) is 14.0. The van der Waals surface area contributed by atoms with Crippen molar-refractivity contribution in [2.24, 2.45) is 0 Å². The van der Waals surface area contributed by atoms with Crippen molar-refractivity contribution in [1.29, 1.82) is 0 Å². The molecule has 4 nitrogen and oxygen atoms in total. The molecule has 1 N–H and O–H groups in total. The number of rotatable bonds is 8. The number of thioether (sulfide) groups is 1. The van der Waals surface area contributed by atoms with Crippen LogP contribution in [0, 0.1) is 0 Å². The third kappa shape index (κ3) is 6.05. The van der Waals surface area contributed by atoms with Crippen molar-refractivity contribution in [1.82, 2.24) is 0 Å². The largest absolute Gasteiger partial charge is 0.478 e. The lowest BCUT2D eigenvalue weighted by molar-refractivity contribution is 0.0696. The number of nitrogens with zero attached hydrogens (tertiary/aromatic N) is 1. The summed E-state index contributed by atoms with van der Waals surface area (Å²) in [5, 5.41) is 9.12. The Bertz CT molecular complexity index is 1370. The van der Waals surface area contributed by atoms with Gasteiger partial charge in [-0.15, -0.1) is 11.8 Å². The molecule has 0 saturated heterocycles. The van der Waals surface area contributed by atoms with Crippen molar-refractivity contribution in [3.8, 4) is 0 Å². The molecule has 0 aliphatic heterocycles. The number of benzene rings is 3. The summed E-state index contributed by atoms with van der Waals surface area (Å²) in [5.74, 6) is -0.179. The summed E-state index contributed by atoms with van der Waals surface area (Å²) in [6.45, 7) is 9.20. The van der Waals surface area contributed by atoms with Gasteiger partial charge >= 0.3 is 5.97 Å². The van der Waals surface area contributed by atoms with E-state index in [9.17, 15) is 9.59 Å². The van der Waals surface area contributed by atoms with Crippen LogP contribution in [0.4, 0.5) is 5.69 Å². The first-order chi connectivity index (χ1) is 17.9. The zero-order valence-electron chi connectivity index (χ0n) is 23.2. The van der Waals surface area contributed by atoms with E-state index in [-0.39, 0.29) is 22.2 Å². The first kappa shape index (κ1) is 27.7. The molecule has 3 aromatic carbocycles. The number of fused-ring (bicyclic) bond motifs is 1. The van der Waals surface area contributed by atoms with Gasteiger partial charge in [0.15, 0.2) is 5.78 Å². The second kappa shape index (κ2) is 10.8. The zero-order valence-corrected chi connectivity index (χ0v) is 24.0. The third-order valence-electron chi connectivity index (χ3n) is 7.60. The van der Waals surface area contributed by atoms with Gasteiger partial charge in [-0.2, -0.15) is 0 Å². The summed E-state index contributed by atoms with van der Waals surface area (Å²) in [4.78, 5) is 27.8. The summed E-state index contributed by atoms with van der Waals surface area (Å²) < 4.78 is 0. The zero-order chi connectivity index (χ0) is 27.7. The predicted molar refractivity (Wildman–Crippen MR) is 159 cm³/mol. The second-order valence-corrected chi connectivity index (χ2v) is 12.7. The van der Waals surface area contributed by atoms with Crippen LogP contribution < -0.4 is 4.90 Å². The number of aromatic carboxylic acids is 1. The van der Waals surface area contributed by atoms with Crippen LogP contribution in [0.15, 0.2) is 71.6 Å². The second-order valence-electron chi connectivity index (χ2n) is 11.6. The van der Waals surface area contributed by atoms with E-state index in [0.29, 0.717) is 5.56 Å². The SMILES string of the molecule is CN(C)c1ccc(CSc2cc(C(=O)/C=C/c3ccc(C(=O)O)cc3)cc3c2C(C)(C)CCC3(C)C)cc1. The van der Waals surface area contributed by atoms with E-state index >= 15 is 0 Å². The van der Waals surface area contributed by atoms with Crippen LogP contribution >= 0.6 is 11.8 Å². The molecule has 1 aliphatic carbocycles. The van der Waals surface area contributed by atoms with Gasteiger partial charge in [-0.05, 0) is 88.4 Å². The molecule has 0 amide bonds. The van der Waals surface area contributed by atoms with Crippen LogP contribution in [0.25, 0.3) is 6.08 Å². The average Bonchev–Trinajstić information content (AvgIpc) is 2.88. The van der Waals surface area contributed by atoms with Gasteiger partial charge in [0.25, 0.3) is 0 Å². The van der Waals surface area contributed by atoms with Gasteiger partial charge < -0.3 is 10.0 Å². The van der Waals surface area contributed by atoms with Gasteiger partial charge in [-0.3, -0.25) is 4.79 Å². The maximum Gasteiger partial charge on any atom is 0.335 e. The third-order valence-corrected chi connectivity index (χ3v) is 8.71. The Morgan fingerprint density at radius 2 is 1.53 bits per heavy atom. The van der Waals surface area contributed by atoms with E-state index in [2.05, 4.69) is 69.0 Å². The molecule has 5 heteroatoms. The lowest BCUT2D eigenvalue weighted by Gasteiger charge is -2.43. The molecule has 1 aliphatic rings.